The number of rotatable bonds is 7. The molecule has 0 bridgehead atoms. The van der Waals surface area contributed by atoms with Crippen molar-refractivity contribution in [2.75, 3.05) is 6.61 Å². The summed E-state index contributed by atoms with van der Waals surface area (Å²) in [6, 6.07) is 2.63. The molecule has 1 aromatic carbocycles. The van der Waals surface area contributed by atoms with Gasteiger partial charge in [-0.3, -0.25) is 9.59 Å². The smallest absolute Gasteiger partial charge is 0.311 e. The second-order valence-corrected chi connectivity index (χ2v) is 7.03. The molecule has 0 radical (unpaired) electrons. The van der Waals surface area contributed by atoms with Crippen LogP contribution in [0.25, 0.3) is 0 Å². The summed E-state index contributed by atoms with van der Waals surface area (Å²) in [5.74, 6) is -0.970. The van der Waals surface area contributed by atoms with Gasteiger partial charge in [0.1, 0.15) is 15.9 Å². The third-order valence-corrected chi connectivity index (χ3v) is 4.15. The largest absolute Gasteiger partial charge is 0.744 e. The van der Waals surface area contributed by atoms with Crippen molar-refractivity contribution in [3.8, 4) is 5.75 Å². The summed E-state index contributed by atoms with van der Waals surface area (Å²) in [4.78, 5) is 22.2. The predicted molar refractivity (Wildman–Crippen MR) is 84.7 cm³/mol. The first-order chi connectivity index (χ1) is 11.0. The van der Waals surface area contributed by atoms with Crippen molar-refractivity contribution in [3.63, 3.8) is 0 Å². The minimum absolute atomic E-state index is 0.0470. The molecule has 0 fully saturated rings. The van der Waals surface area contributed by atoms with Crippen LogP contribution in [0.5, 0.6) is 5.75 Å². The topological polar surface area (TPSA) is 110 Å². The predicted octanol–water partition coefficient (Wildman–Crippen LogP) is 2.27. The Morgan fingerprint density at radius 1 is 1.25 bits per heavy atom. The van der Waals surface area contributed by atoms with Crippen LogP contribution in [0.1, 0.15) is 50.7 Å². The quantitative estimate of drug-likeness (QED) is 0.318. The molecule has 134 valence electrons. The molecule has 0 spiro atoms. The second-order valence-electron chi connectivity index (χ2n) is 5.68. The van der Waals surface area contributed by atoms with E-state index in [0.717, 1.165) is 0 Å². The molecule has 0 atom stereocenters. The van der Waals surface area contributed by atoms with Gasteiger partial charge in [0.25, 0.3) is 0 Å². The highest BCUT2D eigenvalue weighted by Gasteiger charge is 2.17. The van der Waals surface area contributed by atoms with Crippen molar-refractivity contribution in [1.29, 1.82) is 0 Å². The fourth-order valence-electron chi connectivity index (χ4n) is 2.06. The number of esters is 2. The van der Waals surface area contributed by atoms with E-state index in [2.05, 4.69) is 0 Å². The van der Waals surface area contributed by atoms with E-state index in [1.54, 1.807) is 20.8 Å². The third kappa shape index (κ3) is 5.93. The molecular formula is C16H21O7S-. The standard InChI is InChI=1S/C16H22O7S/c1-10(2)13-9-14(11(3)8-15(13)24(19,20)21)23-16(18)6-5-7-22-12(4)17/h8-10H,5-7H2,1-4H3,(H,19,20,21)/p-1. The number of aryl methyl sites for hydroxylation is 1. The second kappa shape index (κ2) is 8.25. The Hall–Kier alpha value is -1.93. The van der Waals surface area contributed by atoms with Gasteiger partial charge in [0.15, 0.2) is 0 Å². The summed E-state index contributed by atoms with van der Waals surface area (Å²) in [6.07, 6.45) is 0.368. The number of hydrogen-bond donors (Lipinski definition) is 0. The van der Waals surface area contributed by atoms with E-state index in [0.29, 0.717) is 17.5 Å². The summed E-state index contributed by atoms with van der Waals surface area (Å²) in [6.45, 7) is 6.43. The van der Waals surface area contributed by atoms with Crippen LogP contribution in [0.15, 0.2) is 17.0 Å². The van der Waals surface area contributed by atoms with Crippen LogP contribution in [0.4, 0.5) is 0 Å². The average Bonchev–Trinajstić information content (AvgIpc) is 2.43. The molecule has 8 heteroatoms. The molecule has 0 aliphatic rings. The van der Waals surface area contributed by atoms with Crippen LogP contribution in [0, 0.1) is 6.92 Å². The van der Waals surface area contributed by atoms with Crippen molar-refractivity contribution in [2.24, 2.45) is 0 Å². The zero-order valence-electron chi connectivity index (χ0n) is 14.1. The van der Waals surface area contributed by atoms with Crippen molar-refractivity contribution >= 4 is 22.1 Å². The lowest BCUT2D eigenvalue weighted by molar-refractivity contribution is -0.142. The number of carbonyl (C=O) groups is 2. The number of hydrogen-bond acceptors (Lipinski definition) is 7. The Balaban J connectivity index is 2.91. The number of carbonyl (C=O) groups excluding carboxylic acids is 2. The molecule has 0 aromatic heterocycles. The van der Waals surface area contributed by atoms with Crippen molar-refractivity contribution in [3.05, 3.63) is 23.3 Å². The highest BCUT2D eigenvalue weighted by atomic mass is 32.2. The van der Waals surface area contributed by atoms with E-state index in [1.807, 2.05) is 0 Å². The number of ether oxygens (including phenoxy) is 2. The molecular weight excluding hydrogens is 336 g/mol. The average molecular weight is 357 g/mol. The minimum Gasteiger partial charge on any atom is -0.744 e. The molecule has 0 saturated heterocycles. The Kier molecular flexibility index (Phi) is 6.92. The van der Waals surface area contributed by atoms with E-state index in [9.17, 15) is 22.6 Å². The molecule has 0 N–H and O–H groups in total. The van der Waals surface area contributed by atoms with Gasteiger partial charge in [-0.2, -0.15) is 0 Å². The van der Waals surface area contributed by atoms with E-state index < -0.39 is 22.1 Å². The Labute approximate surface area is 141 Å². The van der Waals surface area contributed by atoms with E-state index in [1.165, 1.54) is 19.1 Å². The molecule has 0 amide bonds. The molecule has 0 aliphatic heterocycles. The van der Waals surface area contributed by atoms with Gasteiger partial charge in [-0.25, -0.2) is 8.42 Å². The van der Waals surface area contributed by atoms with Crippen LogP contribution in [0.3, 0.4) is 0 Å². The lowest BCUT2D eigenvalue weighted by Crippen LogP contribution is -2.12. The Morgan fingerprint density at radius 2 is 1.88 bits per heavy atom. The normalized spacial score (nSPS) is 11.4. The van der Waals surface area contributed by atoms with Crippen LogP contribution >= 0.6 is 0 Å². The maximum Gasteiger partial charge on any atom is 0.311 e. The van der Waals surface area contributed by atoms with Gasteiger partial charge in [-0.1, -0.05) is 13.8 Å². The van der Waals surface area contributed by atoms with E-state index >= 15 is 0 Å². The number of benzene rings is 1. The van der Waals surface area contributed by atoms with Crippen LogP contribution in [-0.4, -0.2) is 31.5 Å². The Morgan fingerprint density at radius 3 is 2.38 bits per heavy atom. The van der Waals surface area contributed by atoms with Gasteiger partial charge in [0.05, 0.1) is 11.5 Å². The van der Waals surface area contributed by atoms with E-state index in [-0.39, 0.29) is 29.6 Å². The van der Waals surface area contributed by atoms with Crippen molar-refractivity contribution in [1.82, 2.24) is 0 Å². The van der Waals surface area contributed by atoms with Crippen LogP contribution < -0.4 is 4.74 Å². The molecule has 1 aromatic rings. The van der Waals surface area contributed by atoms with Gasteiger partial charge >= 0.3 is 11.9 Å². The highest BCUT2D eigenvalue weighted by molar-refractivity contribution is 7.85. The minimum atomic E-state index is -4.61. The zero-order chi connectivity index (χ0) is 18.5. The summed E-state index contributed by atoms with van der Waals surface area (Å²) >= 11 is 0. The fourth-order valence-corrected chi connectivity index (χ4v) is 2.97. The van der Waals surface area contributed by atoms with Gasteiger partial charge < -0.3 is 14.0 Å². The lowest BCUT2D eigenvalue weighted by Gasteiger charge is -2.18. The first-order valence-electron chi connectivity index (χ1n) is 7.47. The molecule has 0 heterocycles. The van der Waals surface area contributed by atoms with Gasteiger partial charge in [-0.15, -0.1) is 0 Å². The Bertz CT molecular complexity index is 720. The van der Waals surface area contributed by atoms with Crippen molar-refractivity contribution < 1.29 is 32.0 Å². The maximum absolute atomic E-state index is 11.8. The molecule has 7 nitrogen and oxygen atoms in total. The molecule has 1 rings (SSSR count). The van der Waals surface area contributed by atoms with Crippen LogP contribution in [0.2, 0.25) is 0 Å². The molecule has 0 aliphatic carbocycles. The SMILES string of the molecule is CC(=O)OCCCC(=O)Oc1cc(C(C)C)c(S(=O)(=O)[O-])cc1C. The third-order valence-electron chi connectivity index (χ3n) is 3.25. The molecule has 0 unspecified atom stereocenters. The van der Waals surface area contributed by atoms with E-state index in [4.69, 9.17) is 9.47 Å². The monoisotopic (exact) mass is 357 g/mol. The molecule has 0 saturated carbocycles. The first-order valence-corrected chi connectivity index (χ1v) is 8.87. The maximum atomic E-state index is 11.8. The van der Waals surface area contributed by atoms with Gasteiger partial charge in [0.2, 0.25) is 0 Å². The summed E-state index contributed by atoms with van der Waals surface area (Å²) in [5.41, 5.74) is 0.681. The lowest BCUT2D eigenvalue weighted by atomic mass is 10.0. The van der Waals surface area contributed by atoms with Crippen LogP contribution in [-0.2, 0) is 24.4 Å². The van der Waals surface area contributed by atoms with Gasteiger partial charge in [-0.05, 0) is 42.5 Å². The highest BCUT2D eigenvalue weighted by Crippen LogP contribution is 2.31. The summed E-state index contributed by atoms with van der Waals surface area (Å²) in [5, 5.41) is 0. The first kappa shape index (κ1) is 20.1. The fraction of sp³-hybridized carbons (Fsp3) is 0.500. The summed E-state index contributed by atoms with van der Waals surface area (Å²) in [7, 11) is -4.61. The zero-order valence-corrected chi connectivity index (χ0v) is 14.9. The van der Waals surface area contributed by atoms with Gasteiger partial charge in [0, 0.05) is 13.3 Å². The van der Waals surface area contributed by atoms with Crippen molar-refractivity contribution in [2.45, 2.75) is 51.3 Å². The summed E-state index contributed by atoms with van der Waals surface area (Å²) < 4.78 is 44.1. The molecule has 24 heavy (non-hydrogen) atoms.